The fraction of sp³-hybridized carbons (Fsp3) is 0.875. The van der Waals surface area contributed by atoms with Crippen LogP contribution < -0.4 is 5.32 Å². The number of carbonyl (C=O) groups excluding carboxylic acids is 1. The highest BCUT2D eigenvalue weighted by atomic mass is 35.5. The van der Waals surface area contributed by atoms with Crippen molar-refractivity contribution < 1.29 is 9.53 Å². The number of ether oxygens (including phenoxy) is 1. The Morgan fingerprint density at radius 2 is 1.21 bits per heavy atom. The Bertz CT molecular complexity index is 383. The van der Waals surface area contributed by atoms with E-state index in [4.69, 9.17) is 4.74 Å². The summed E-state index contributed by atoms with van der Waals surface area (Å²) in [5.41, 5.74) is 0.277. The molecule has 168 valence electrons. The van der Waals surface area contributed by atoms with E-state index in [0.29, 0.717) is 12.2 Å². The van der Waals surface area contributed by atoms with Crippen molar-refractivity contribution in [2.24, 2.45) is 0 Å². The fourth-order valence-corrected chi connectivity index (χ4v) is 3.17. The van der Waals surface area contributed by atoms with Crippen LogP contribution >= 0.6 is 12.4 Å². The summed E-state index contributed by atoms with van der Waals surface area (Å²) in [6.45, 7) is 13.1. The lowest BCUT2D eigenvalue weighted by Gasteiger charge is -2.26. The Morgan fingerprint density at radius 3 is 1.61 bits per heavy atom. The van der Waals surface area contributed by atoms with Crippen molar-refractivity contribution >= 4 is 18.4 Å². The number of carbonyl (C=O) groups is 1. The third-order valence-corrected chi connectivity index (χ3v) is 5.05. The van der Waals surface area contributed by atoms with E-state index in [1.807, 2.05) is 0 Å². The summed E-state index contributed by atoms with van der Waals surface area (Å²) in [4.78, 5) is 11.5. The van der Waals surface area contributed by atoms with E-state index < -0.39 is 0 Å². The number of rotatable bonds is 19. The van der Waals surface area contributed by atoms with Gasteiger partial charge in [0.1, 0.15) is 6.61 Å². The monoisotopic (exact) mass is 417 g/mol. The minimum Gasteiger partial charge on any atom is -0.460 e. The molecule has 0 radical (unpaired) electrons. The Labute approximate surface area is 181 Å². The summed E-state index contributed by atoms with van der Waals surface area (Å²) in [5.74, 6) is -0.304. The second kappa shape index (κ2) is 19.8. The summed E-state index contributed by atoms with van der Waals surface area (Å²) >= 11 is 0. The number of hydrogen-bond donors (Lipinski definition) is 1. The van der Waals surface area contributed by atoms with E-state index in [0.717, 1.165) is 6.54 Å². The second-order valence-electron chi connectivity index (χ2n) is 8.76. The number of esters is 1. The largest absolute Gasteiger partial charge is 0.460 e. The quantitative estimate of drug-likeness (QED) is 0.135. The van der Waals surface area contributed by atoms with Gasteiger partial charge in [-0.15, -0.1) is 12.4 Å². The van der Waals surface area contributed by atoms with Gasteiger partial charge < -0.3 is 10.1 Å². The lowest BCUT2D eigenvalue weighted by atomic mass is 10.0. The first-order valence-corrected chi connectivity index (χ1v) is 11.5. The van der Waals surface area contributed by atoms with Gasteiger partial charge in [0.05, 0.1) is 0 Å². The molecule has 0 saturated carbocycles. The molecule has 3 nitrogen and oxygen atoms in total. The Hall–Kier alpha value is -0.540. The maximum absolute atomic E-state index is 11.5. The molecular formula is C24H48ClNO2. The second-order valence-corrected chi connectivity index (χ2v) is 8.76. The van der Waals surface area contributed by atoms with Crippen LogP contribution in [0.15, 0.2) is 12.2 Å². The number of nitrogens with one attached hydrogen (secondary N) is 1. The summed E-state index contributed by atoms with van der Waals surface area (Å²) in [7, 11) is 0. The molecule has 4 heteroatoms. The van der Waals surface area contributed by atoms with Gasteiger partial charge in [-0.2, -0.15) is 0 Å². The summed E-state index contributed by atoms with van der Waals surface area (Å²) in [6, 6.07) is 0. The molecule has 0 rings (SSSR count). The highest BCUT2D eigenvalue weighted by molar-refractivity contribution is 5.86. The first-order valence-electron chi connectivity index (χ1n) is 11.5. The summed E-state index contributed by atoms with van der Waals surface area (Å²) < 4.78 is 5.24. The number of halogens is 1. The highest BCUT2D eigenvalue weighted by Gasteiger charge is 2.19. The lowest BCUT2D eigenvalue weighted by molar-refractivity contribution is -0.140. The molecule has 0 aliphatic heterocycles. The Kier molecular flexibility index (Phi) is 20.9. The SMILES string of the molecule is C=C(C)C(=O)OCC(C)(C)NCCCCCCCCCCCCCCCC.Cl. The van der Waals surface area contributed by atoms with Crippen LogP contribution in [0.2, 0.25) is 0 Å². The van der Waals surface area contributed by atoms with Crippen molar-refractivity contribution in [3.63, 3.8) is 0 Å². The first kappa shape index (κ1) is 29.7. The predicted octanol–water partition coefficient (Wildman–Crippen LogP) is 7.38. The van der Waals surface area contributed by atoms with Crippen LogP contribution in [0.4, 0.5) is 0 Å². The zero-order chi connectivity index (χ0) is 20.4. The molecule has 0 aromatic rings. The normalized spacial score (nSPS) is 11.1. The zero-order valence-electron chi connectivity index (χ0n) is 19.2. The molecule has 0 bridgehead atoms. The van der Waals surface area contributed by atoms with Gasteiger partial charge in [0.2, 0.25) is 0 Å². The van der Waals surface area contributed by atoms with Gasteiger partial charge in [0.15, 0.2) is 0 Å². The van der Waals surface area contributed by atoms with Gasteiger partial charge in [0, 0.05) is 11.1 Å². The van der Waals surface area contributed by atoms with Crippen LogP contribution in [0.5, 0.6) is 0 Å². The maximum atomic E-state index is 11.5. The molecule has 0 amide bonds. The van der Waals surface area contributed by atoms with E-state index in [-0.39, 0.29) is 23.9 Å². The molecule has 0 fully saturated rings. The standard InChI is InChI=1S/C24H47NO2.ClH/c1-6-7-8-9-10-11-12-13-14-15-16-17-18-19-20-25-24(4,5)21-27-23(26)22(2)3;/h25H,2,6-21H2,1,3-5H3;1H. The van der Waals surface area contributed by atoms with Crippen molar-refractivity contribution in [2.45, 2.75) is 123 Å². The van der Waals surface area contributed by atoms with Crippen LogP contribution in [0, 0.1) is 0 Å². The molecule has 0 aliphatic rings. The van der Waals surface area contributed by atoms with Crippen LogP contribution in [0.1, 0.15) is 118 Å². The minimum absolute atomic E-state index is 0. The number of hydrogen-bond acceptors (Lipinski definition) is 3. The smallest absolute Gasteiger partial charge is 0.333 e. The molecule has 28 heavy (non-hydrogen) atoms. The summed E-state index contributed by atoms with van der Waals surface area (Å²) in [6.07, 6.45) is 19.4. The van der Waals surface area contributed by atoms with E-state index in [1.165, 1.54) is 89.9 Å². The van der Waals surface area contributed by atoms with E-state index in [1.54, 1.807) is 6.92 Å². The summed E-state index contributed by atoms with van der Waals surface area (Å²) in [5, 5.41) is 3.49. The lowest BCUT2D eigenvalue weighted by Crippen LogP contribution is -2.44. The molecule has 0 saturated heterocycles. The molecule has 0 aromatic carbocycles. The third kappa shape index (κ3) is 20.2. The van der Waals surface area contributed by atoms with Gasteiger partial charge in [-0.25, -0.2) is 4.79 Å². The van der Waals surface area contributed by atoms with Gasteiger partial charge in [-0.05, 0) is 33.7 Å². The van der Waals surface area contributed by atoms with Gasteiger partial charge in [-0.3, -0.25) is 0 Å². The van der Waals surface area contributed by atoms with Crippen LogP contribution in [0.25, 0.3) is 0 Å². The van der Waals surface area contributed by atoms with Crippen molar-refractivity contribution in [1.29, 1.82) is 0 Å². The first-order chi connectivity index (χ1) is 12.9. The van der Waals surface area contributed by atoms with Gasteiger partial charge in [0.25, 0.3) is 0 Å². The van der Waals surface area contributed by atoms with E-state index in [9.17, 15) is 4.79 Å². The van der Waals surface area contributed by atoms with Crippen molar-refractivity contribution in [3.05, 3.63) is 12.2 Å². The molecule has 0 unspecified atom stereocenters. The van der Waals surface area contributed by atoms with Crippen LogP contribution in [0.3, 0.4) is 0 Å². The Morgan fingerprint density at radius 1 is 0.821 bits per heavy atom. The Balaban J connectivity index is 0. The van der Waals surface area contributed by atoms with Gasteiger partial charge in [-0.1, -0.05) is 97.0 Å². The third-order valence-electron chi connectivity index (χ3n) is 5.05. The molecule has 1 N–H and O–H groups in total. The molecular weight excluding hydrogens is 370 g/mol. The highest BCUT2D eigenvalue weighted by Crippen LogP contribution is 2.13. The fourth-order valence-electron chi connectivity index (χ4n) is 3.17. The van der Waals surface area contributed by atoms with E-state index >= 15 is 0 Å². The molecule has 0 aliphatic carbocycles. The van der Waals surface area contributed by atoms with Crippen molar-refractivity contribution in [1.82, 2.24) is 5.32 Å². The molecule has 0 heterocycles. The van der Waals surface area contributed by atoms with Crippen LogP contribution in [-0.4, -0.2) is 24.7 Å². The molecule has 0 aromatic heterocycles. The number of unbranched alkanes of at least 4 members (excludes halogenated alkanes) is 13. The molecule has 0 spiro atoms. The minimum atomic E-state index is -0.304. The maximum Gasteiger partial charge on any atom is 0.333 e. The predicted molar refractivity (Wildman–Crippen MR) is 125 cm³/mol. The van der Waals surface area contributed by atoms with Crippen molar-refractivity contribution in [2.75, 3.05) is 13.2 Å². The van der Waals surface area contributed by atoms with Crippen molar-refractivity contribution in [3.8, 4) is 0 Å². The van der Waals surface area contributed by atoms with E-state index in [2.05, 4.69) is 32.7 Å². The molecule has 0 atom stereocenters. The topological polar surface area (TPSA) is 38.3 Å². The zero-order valence-corrected chi connectivity index (χ0v) is 20.1. The average Bonchev–Trinajstić information content (AvgIpc) is 2.62. The average molecular weight is 418 g/mol. The van der Waals surface area contributed by atoms with Gasteiger partial charge >= 0.3 is 5.97 Å². The van der Waals surface area contributed by atoms with Crippen LogP contribution in [-0.2, 0) is 9.53 Å².